The van der Waals surface area contributed by atoms with Gasteiger partial charge in [-0.2, -0.15) is 0 Å². The molecule has 0 heterocycles. The van der Waals surface area contributed by atoms with Gasteiger partial charge in [-0.3, -0.25) is 0 Å². The minimum absolute atomic E-state index is 0.0716. The molecule has 0 N–H and O–H groups in total. The van der Waals surface area contributed by atoms with Crippen molar-refractivity contribution in [2.75, 3.05) is 7.11 Å². The number of hydrogen-bond acceptors (Lipinski definition) is 1. The molecular weight excluding hydrogens is 416 g/mol. The summed E-state index contributed by atoms with van der Waals surface area (Å²) in [5, 5.41) is 2.29. The summed E-state index contributed by atoms with van der Waals surface area (Å²) in [6, 6.07) is 19.7. The second kappa shape index (κ2) is 7.68. The van der Waals surface area contributed by atoms with Crippen molar-refractivity contribution in [1.82, 2.24) is 0 Å². The Hall–Kier alpha value is -3.86. The van der Waals surface area contributed by atoms with Crippen LogP contribution in [0, 0.1) is 23.3 Å². The van der Waals surface area contributed by atoms with Crippen molar-refractivity contribution >= 4 is 21.5 Å². The molecule has 5 aromatic carbocycles. The van der Waals surface area contributed by atoms with Crippen LogP contribution in [0.5, 0.6) is 5.75 Å². The molecule has 0 amide bonds. The van der Waals surface area contributed by atoms with Gasteiger partial charge >= 0.3 is 0 Å². The third kappa shape index (κ3) is 3.09. The lowest BCUT2D eigenvalue weighted by Gasteiger charge is -2.19. The van der Waals surface area contributed by atoms with Crippen LogP contribution in [-0.4, -0.2) is 7.11 Å². The van der Waals surface area contributed by atoms with Gasteiger partial charge in [-0.25, -0.2) is 17.6 Å². The summed E-state index contributed by atoms with van der Waals surface area (Å²) in [6.45, 7) is 0. The summed E-state index contributed by atoms with van der Waals surface area (Å²) >= 11 is 0. The molecule has 0 fully saturated rings. The number of rotatable bonds is 3. The van der Waals surface area contributed by atoms with Crippen molar-refractivity contribution in [3.05, 3.63) is 102 Å². The van der Waals surface area contributed by atoms with E-state index in [2.05, 4.69) is 0 Å². The maximum atomic E-state index is 15.1. The first-order chi connectivity index (χ1) is 15.5. The summed E-state index contributed by atoms with van der Waals surface area (Å²) in [7, 11) is 1.34. The Morgan fingerprint density at radius 3 is 1.50 bits per heavy atom. The molecule has 0 aliphatic rings. The Labute approximate surface area is 181 Å². The highest BCUT2D eigenvalue weighted by atomic mass is 19.1. The molecule has 0 bridgehead atoms. The molecular formula is C27H16F4O. The SMILES string of the molecule is COc1cc(F)c(-c2c3ccccc3c(-c3ccc(F)cc3F)c3ccccc23)c(F)c1. The lowest BCUT2D eigenvalue weighted by molar-refractivity contribution is 0.407. The average Bonchev–Trinajstić information content (AvgIpc) is 2.79. The fraction of sp³-hybridized carbons (Fsp3) is 0.0370. The number of benzene rings is 5. The van der Waals surface area contributed by atoms with Gasteiger partial charge in [0.05, 0.1) is 12.7 Å². The van der Waals surface area contributed by atoms with E-state index in [0.29, 0.717) is 32.7 Å². The molecule has 0 unspecified atom stereocenters. The zero-order valence-electron chi connectivity index (χ0n) is 16.9. The minimum atomic E-state index is -0.766. The van der Waals surface area contributed by atoms with E-state index in [1.807, 2.05) is 0 Å². The van der Waals surface area contributed by atoms with Gasteiger partial charge < -0.3 is 4.74 Å². The number of fused-ring (bicyclic) bond motifs is 2. The molecule has 0 aliphatic carbocycles. The third-order valence-corrected chi connectivity index (χ3v) is 5.63. The topological polar surface area (TPSA) is 9.23 Å². The van der Waals surface area contributed by atoms with E-state index in [9.17, 15) is 8.78 Å². The van der Waals surface area contributed by atoms with E-state index in [4.69, 9.17) is 4.74 Å². The summed E-state index contributed by atoms with van der Waals surface area (Å²) in [5.41, 5.74) is 0.914. The third-order valence-electron chi connectivity index (χ3n) is 5.63. The second-order valence-electron chi connectivity index (χ2n) is 7.43. The van der Waals surface area contributed by atoms with Gasteiger partial charge in [-0.1, -0.05) is 48.5 Å². The Morgan fingerprint density at radius 1 is 0.531 bits per heavy atom. The molecule has 32 heavy (non-hydrogen) atoms. The normalized spacial score (nSPS) is 11.3. The molecule has 0 aromatic heterocycles. The van der Waals surface area contributed by atoms with Crippen LogP contribution in [0.3, 0.4) is 0 Å². The maximum absolute atomic E-state index is 15.1. The Morgan fingerprint density at radius 2 is 1.03 bits per heavy atom. The van der Waals surface area contributed by atoms with Crippen LogP contribution in [0.25, 0.3) is 43.8 Å². The zero-order valence-corrected chi connectivity index (χ0v) is 16.9. The summed E-state index contributed by atoms with van der Waals surface area (Å²) in [6.07, 6.45) is 0. The van der Waals surface area contributed by atoms with Gasteiger partial charge in [0.2, 0.25) is 0 Å². The van der Waals surface area contributed by atoms with Crippen LogP contribution in [0.2, 0.25) is 0 Å². The standard InChI is InChI=1S/C27H16F4O/c1-32-16-13-23(30)27(24(31)14-16)26-19-8-4-2-6-17(19)25(18-7-3-5-9-20(18)26)21-11-10-15(28)12-22(21)29/h2-14H,1H3. The van der Waals surface area contributed by atoms with Crippen molar-refractivity contribution in [2.45, 2.75) is 0 Å². The van der Waals surface area contributed by atoms with Crippen LogP contribution >= 0.6 is 0 Å². The lowest BCUT2D eigenvalue weighted by atomic mass is 9.85. The van der Waals surface area contributed by atoms with Gasteiger partial charge in [-0.05, 0) is 33.7 Å². The quantitative estimate of drug-likeness (QED) is 0.208. The van der Waals surface area contributed by atoms with Crippen LogP contribution in [0.1, 0.15) is 0 Å². The van der Waals surface area contributed by atoms with Gasteiger partial charge in [0.1, 0.15) is 29.0 Å². The van der Waals surface area contributed by atoms with Crippen molar-refractivity contribution in [3.63, 3.8) is 0 Å². The summed E-state index contributed by atoms with van der Waals surface area (Å²) in [5.74, 6) is -2.85. The number of halogens is 4. The summed E-state index contributed by atoms with van der Waals surface area (Å²) < 4.78 is 63.7. The van der Waals surface area contributed by atoms with Crippen molar-refractivity contribution < 1.29 is 22.3 Å². The molecule has 5 aromatic rings. The molecule has 0 spiro atoms. The monoisotopic (exact) mass is 432 g/mol. The van der Waals surface area contributed by atoms with Gasteiger partial charge in [0.25, 0.3) is 0 Å². The molecule has 5 heteroatoms. The average molecular weight is 432 g/mol. The van der Waals surface area contributed by atoms with Crippen molar-refractivity contribution in [1.29, 1.82) is 0 Å². The number of ether oxygens (including phenoxy) is 1. The lowest BCUT2D eigenvalue weighted by Crippen LogP contribution is -1.97. The Bertz CT molecular complexity index is 1430. The molecule has 1 nitrogen and oxygen atoms in total. The first kappa shape index (κ1) is 20.1. The molecule has 0 radical (unpaired) electrons. The van der Waals surface area contributed by atoms with Crippen molar-refractivity contribution in [3.8, 4) is 28.0 Å². The van der Waals surface area contributed by atoms with Crippen LogP contribution in [0.4, 0.5) is 17.6 Å². The van der Waals surface area contributed by atoms with E-state index in [0.717, 1.165) is 18.2 Å². The predicted octanol–water partition coefficient (Wildman–Crippen LogP) is 7.89. The Kier molecular flexibility index (Phi) is 4.82. The molecule has 5 rings (SSSR count). The predicted molar refractivity (Wildman–Crippen MR) is 119 cm³/mol. The molecule has 0 aliphatic heterocycles. The van der Waals surface area contributed by atoms with E-state index in [1.165, 1.54) is 19.2 Å². The number of methoxy groups -OCH3 is 1. The van der Waals surface area contributed by atoms with E-state index in [1.54, 1.807) is 48.5 Å². The minimum Gasteiger partial charge on any atom is -0.497 e. The highest BCUT2D eigenvalue weighted by Crippen LogP contribution is 2.45. The van der Waals surface area contributed by atoms with E-state index < -0.39 is 23.3 Å². The van der Waals surface area contributed by atoms with Crippen LogP contribution < -0.4 is 4.74 Å². The summed E-state index contributed by atoms with van der Waals surface area (Å²) in [4.78, 5) is 0. The Balaban J connectivity index is 1.99. The molecule has 0 saturated carbocycles. The first-order valence-electron chi connectivity index (χ1n) is 9.92. The van der Waals surface area contributed by atoms with Crippen LogP contribution in [-0.2, 0) is 0 Å². The van der Waals surface area contributed by atoms with Crippen molar-refractivity contribution in [2.24, 2.45) is 0 Å². The van der Waals surface area contributed by atoms with Crippen LogP contribution in [0.15, 0.2) is 78.9 Å². The molecule has 0 saturated heterocycles. The smallest absolute Gasteiger partial charge is 0.137 e. The highest BCUT2D eigenvalue weighted by Gasteiger charge is 2.23. The first-order valence-corrected chi connectivity index (χ1v) is 9.92. The fourth-order valence-corrected chi connectivity index (χ4v) is 4.29. The molecule has 158 valence electrons. The second-order valence-corrected chi connectivity index (χ2v) is 7.43. The highest BCUT2D eigenvalue weighted by molar-refractivity contribution is 6.21. The van der Waals surface area contributed by atoms with E-state index >= 15 is 8.78 Å². The fourth-order valence-electron chi connectivity index (χ4n) is 4.29. The largest absolute Gasteiger partial charge is 0.497 e. The zero-order chi connectivity index (χ0) is 22.4. The van der Waals surface area contributed by atoms with Gasteiger partial charge in [-0.15, -0.1) is 0 Å². The van der Waals surface area contributed by atoms with Gasteiger partial charge in [0.15, 0.2) is 0 Å². The van der Waals surface area contributed by atoms with Gasteiger partial charge in [0, 0.05) is 34.9 Å². The van der Waals surface area contributed by atoms with E-state index in [-0.39, 0.29) is 16.9 Å². The maximum Gasteiger partial charge on any atom is 0.137 e. The number of hydrogen-bond donors (Lipinski definition) is 0. The molecule has 0 atom stereocenters.